The molecule has 0 aromatic carbocycles. The molecule has 0 aliphatic heterocycles. The van der Waals surface area contributed by atoms with Crippen molar-refractivity contribution in [1.29, 1.82) is 0 Å². The van der Waals surface area contributed by atoms with Crippen LogP contribution in [0.1, 0.15) is 36.9 Å². The van der Waals surface area contributed by atoms with E-state index in [1.165, 1.54) is 6.26 Å². The highest BCUT2D eigenvalue weighted by molar-refractivity contribution is 5.90. The van der Waals surface area contributed by atoms with Crippen LogP contribution in [-0.2, 0) is 11.2 Å². The number of rotatable bonds is 2. The van der Waals surface area contributed by atoms with Crippen LogP contribution in [-0.4, -0.2) is 5.97 Å². The van der Waals surface area contributed by atoms with E-state index in [0.717, 1.165) is 0 Å². The summed E-state index contributed by atoms with van der Waals surface area (Å²) < 4.78 is 9.64. The molecule has 14 heavy (non-hydrogen) atoms. The summed E-state index contributed by atoms with van der Waals surface area (Å²) in [5.41, 5.74) is 0.545. The van der Waals surface area contributed by atoms with Crippen molar-refractivity contribution in [2.75, 3.05) is 0 Å². The smallest absolute Gasteiger partial charge is 0.341 e. The van der Waals surface area contributed by atoms with Gasteiger partial charge in [-0.3, -0.25) is 0 Å². The molecule has 0 saturated carbocycles. The lowest BCUT2D eigenvalue weighted by atomic mass is 9.90. The predicted molar refractivity (Wildman–Crippen MR) is 52.6 cm³/mol. The molecule has 0 bridgehead atoms. The minimum absolute atomic E-state index is 0.0774. The fourth-order valence-corrected chi connectivity index (χ4v) is 1.22. The first-order valence-corrected chi connectivity index (χ1v) is 4.47. The maximum atomic E-state index is 11.2. The molecule has 0 aliphatic carbocycles. The average Bonchev–Trinajstić information content (AvgIpc) is 2.48. The molecule has 0 atom stereocenters. The fraction of sp³-hybridized carbons (Fsp3) is 0.455. The van der Waals surface area contributed by atoms with E-state index in [2.05, 4.69) is 32.6 Å². The summed E-state index contributed by atoms with van der Waals surface area (Å²) >= 11 is 0. The van der Waals surface area contributed by atoms with Crippen LogP contribution in [0.2, 0.25) is 0 Å². The number of hydrogen-bond donors (Lipinski definition) is 0. The summed E-state index contributed by atoms with van der Waals surface area (Å²) in [6, 6.07) is 1.61. The molecule has 1 radical (unpaired) electrons. The standard InChI is InChI=1S/C11H15O3/c1-11(2,3)7-9-8(5-6-14-9)10(12)13-4/h5-6H,4,7H2,1-3H3. The van der Waals surface area contributed by atoms with Crippen molar-refractivity contribution >= 4 is 5.97 Å². The van der Waals surface area contributed by atoms with Crippen molar-refractivity contribution < 1.29 is 13.9 Å². The van der Waals surface area contributed by atoms with Crippen LogP contribution in [0.15, 0.2) is 16.7 Å². The third-order valence-corrected chi connectivity index (χ3v) is 1.79. The second kappa shape index (κ2) is 3.86. The highest BCUT2D eigenvalue weighted by atomic mass is 16.5. The Morgan fingerprint density at radius 1 is 1.57 bits per heavy atom. The Hall–Kier alpha value is -1.25. The van der Waals surface area contributed by atoms with Gasteiger partial charge in [0.2, 0.25) is 0 Å². The van der Waals surface area contributed by atoms with Crippen molar-refractivity contribution in [2.45, 2.75) is 27.2 Å². The summed E-state index contributed by atoms with van der Waals surface area (Å²) in [6.07, 6.45) is 2.19. The number of esters is 1. The first kappa shape index (κ1) is 10.8. The molecular formula is C11H15O3. The van der Waals surface area contributed by atoms with Gasteiger partial charge < -0.3 is 9.15 Å². The molecule has 0 aliphatic rings. The van der Waals surface area contributed by atoms with Gasteiger partial charge >= 0.3 is 5.97 Å². The molecule has 1 heterocycles. The molecule has 1 rings (SSSR count). The Bertz CT molecular complexity index is 318. The lowest BCUT2D eigenvalue weighted by Crippen LogP contribution is -2.12. The Morgan fingerprint density at radius 2 is 2.21 bits per heavy atom. The van der Waals surface area contributed by atoms with Gasteiger partial charge in [-0.15, -0.1) is 0 Å². The average molecular weight is 195 g/mol. The summed E-state index contributed by atoms with van der Waals surface area (Å²) in [7, 11) is 3.09. The number of carbonyl (C=O) groups excluding carboxylic acids is 1. The lowest BCUT2D eigenvalue weighted by Gasteiger charge is -2.16. The largest absolute Gasteiger partial charge is 0.468 e. The molecular weight excluding hydrogens is 180 g/mol. The van der Waals surface area contributed by atoms with Crippen LogP contribution in [0.4, 0.5) is 0 Å². The van der Waals surface area contributed by atoms with Crippen LogP contribution in [0, 0.1) is 12.5 Å². The van der Waals surface area contributed by atoms with Gasteiger partial charge in [0.05, 0.1) is 6.26 Å². The van der Waals surface area contributed by atoms with E-state index in [0.29, 0.717) is 17.7 Å². The number of ether oxygens (including phenoxy) is 1. The van der Waals surface area contributed by atoms with E-state index < -0.39 is 5.97 Å². The molecule has 3 heteroatoms. The van der Waals surface area contributed by atoms with Gasteiger partial charge in [-0.05, 0) is 11.5 Å². The first-order valence-electron chi connectivity index (χ1n) is 4.47. The molecule has 0 N–H and O–H groups in total. The highest BCUT2D eigenvalue weighted by Gasteiger charge is 2.20. The van der Waals surface area contributed by atoms with Gasteiger partial charge in [-0.25, -0.2) is 4.79 Å². The van der Waals surface area contributed by atoms with E-state index in [-0.39, 0.29) is 5.41 Å². The Balaban J connectivity index is 2.88. The number of carbonyl (C=O) groups is 1. The lowest BCUT2D eigenvalue weighted by molar-refractivity contribution is 0.0651. The van der Waals surface area contributed by atoms with Crippen molar-refractivity contribution in [1.82, 2.24) is 0 Å². The number of furan rings is 1. The van der Waals surface area contributed by atoms with Crippen LogP contribution < -0.4 is 0 Å². The van der Waals surface area contributed by atoms with Crippen LogP contribution >= 0.6 is 0 Å². The van der Waals surface area contributed by atoms with Gasteiger partial charge in [0.15, 0.2) is 0 Å². The Morgan fingerprint density at radius 3 is 2.71 bits per heavy atom. The zero-order chi connectivity index (χ0) is 10.8. The van der Waals surface area contributed by atoms with Crippen LogP contribution in [0.5, 0.6) is 0 Å². The summed E-state index contributed by atoms with van der Waals surface area (Å²) in [4.78, 5) is 11.2. The highest BCUT2D eigenvalue weighted by Crippen LogP contribution is 2.24. The van der Waals surface area contributed by atoms with Gasteiger partial charge in [-0.1, -0.05) is 20.8 Å². The van der Waals surface area contributed by atoms with Crippen molar-refractivity contribution in [3.05, 3.63) is 30.8 Å². The van der Waals surface area contributed by atoms with Crippen molar-refractivity contribution in [3.63, 3.8) is 0 Å². The SMILES string of the molecule is [CH2]OC(=O)c1ccoc1CC(C)(C)C. The van der Waals surface area contributed by atoms with Crippen molar-refractivity contribution in [3.8, 4) is 0 Å². The molecule has 1 aromatic heterocycles. The third kappa shape index (κ3) is 2.62. The fourth-order valence-electron chi connectivity index (χ4n) is 1.22. The van der Waals surface area contributed by atoms with E-state index in [4.69, 9.17) is 4.42 Å². The molecule has 0 unspecified atom stereocenters. The van der Waals surface area contributed by atoms with Gasteiger partial charge in [0.1, 0.15) is 18.4 Å². The summed E-state index contributed by atoms with van der Waals surface area (Å²) in [5, 5.41) is 0. The first-order chi connectivity index (χ1) is 6.44. The predicted octanol–water partition coefficient (Wildman–Crippen LogP) is 2.82. The van der Waals surface area contributed by atoms with Crippen molar-refractivity contribution in [2.24, 2.45) is 5.41 Å². The zero-order valence-electron chi connectivity index (χ0n) is 8.79. The molecule has 3 nitrogen and oxygen atoms in total. The maximum absolute atomic E-state index is 11.2. The quantitative estimate of drug-likeness (QED) is 0.681. The maximum Gasteiger partial charge on any atom is 0.341 e. The topological polar surface area (TPSA) is 39.4 Å². The third-order valence-electron chi connectivity index (χ3n) is 1.79. The summed E-state index contributed by atoms with van der Waals surface area (Å²) in [5.74, 6) is 0.212. The van der Waals surface area contributed by atoms with Gasteiger partial charge in [0.25, 0.3) is 0 Å². The van der Waals surface area contributed by atoms with Crippen LogP contribution in [0.25, 0.3) is 0 Å². The monoisotopic (exact) mass is 195 g/mol. The normalized spacial score (nSPS) is 11.4. The molecule has 0 amide bonds. The van der Waals surface area contributed by atoms with Gasteiger partial charge in [0, 0.05) is 6.42 Å². The van der Waals surface area contributed by atoms with E-state index >= 15 is 0 Å². The van der Waals surface area contributed by atoms with Crippen LogP contribution in [0.3, 0.4) is 0 Å². The van der Waals surface area contributed by atoms with E-state index in [9.17, 15) is 4.79 Å². The molecule has 1 aromatic rings. The minimum atomic E-state index is -0.446. The molecule has 0 fully saturated rings. The zero-order valence-corrected chi connectivity index (χ0v) is 8.79. The van der Waals surface area contributed by atoms with E-state index in [1.54, 1.807) is 6.07 Å². The minimum Gasteiger partial charge on any atom is -0.468 e. The second-order valence-corrected chi connectivity index (χ2v) is 4.43. The molecule has 0 spiro atoms. The summed E-state index contributed by atoms with van der Waals surface area (Å²) in [6.45, 7) is 6.23. The second-order valence-electron chi connectivity index (χ2n) is 4.43. The van der Waals surface area contributed by atoms with E-state index in [1.807, 2.05) is 0 Å². The molecule has 77 valence electrons. The Labute approximate surface area is 84.1 Å². The Kier molecular flexibility index (Phi) is 2.99. The number of hydrogen-bond acceptors (Lipinski definition) is 3. The molecule has 0 saturated heterocycles. The van der Waals surface area contributed by atoms with Gasteiger partial charge in [-0.2, -0.15) is 0 Å².